The SMILES string of the molecule is CNS(=O)(=O)c1ccc2c(c1)CC(C)N2C(=O)Nc1ccc(N2CCCC2)cc1. The molecule has 1 unspecified atom stereocenters. The summed E-state index contributed by atoms with van der Waals surface area (Å²) >= 11 is 0. The molecule has 2 aromatic carbocycles. The van der Waals surface area contributed by atoms with E-state index in [4.69, 9.17) is 0 Å². The lowest BCUT2D eigenvalue weighted by molar-refractivity contribution is 0.256. The highest BCUT2D eigenvalue weighted by molar-refractivity contribution is 7.89. The minimum absolute atomic E-state index is 0.0542. The molecular weight excluding hydrogens is 388 g/mol. The molecule has 2 aliphatic rings. The monoisotopic (exact) mass is 414 g/mol. The number of nitrogens with zero attached hydrogens (tertiary/aromatic N) is 2. The van der Waals surface area contributed by atoms with Gasteiger partial charge in [-0.05, 0) is 81.3 Å². The van der Waals surface area contributed by atoms with Crippen LogP contribution < -0.4 is 19.8 Å². The summed E-state index contributed by atoms with van der Waals surface area (Å²) in [5.74, 6) is 0. The van der Waals surface area contributed by atoms with Crippen LogP contribution in [0.4, 0.5) is 21.9 Å². The number of rotatable bonds is 4. The minimum atomic E-state index is -3.51. The Morgan fingerprint density at radius 1 is 1.07 bits per heavy atom. The quantitative estimate of drug-likeness (QED) is 0.805. The van der Waals surface area contributed by atoms with E-state index in [1.54, 1.807) is 17.0 Å². The number of fused-ring (bicyclic) bond motifs is 1. The van der Waals surface area contributed by atoms with Gasteiger partial charge in [-0.25, -0.2) is 17.9 Å². The molecule has 2 aromatic rings. The predicted octanol–water partition coefficient (Wildman–Crippen LogP) is 3.18. The number of amides is 2. The Kier molecular flexibility index (Phi) is 5.23. The lowest BCUT2D eigenvalue weighted by atomic mass is 10.1. The van der Waals surface area contributed by atoms with Crippen LogP contribution >= 0.6 is 0 Å². The number of sulfonamides is 1. The maximum absolute atomic E-state index is 12.9. The Labute approximate surface area is 171 Å². The topological polar surface area (TPSA) is 81.8 Å². The molecule has 1 saturated heterocycles. The molecule has 0 radical (unpaired) electrons. The highest BCUT2D eigenvalue weighted by Crippen LogP contribution is 2.34. The Morgan fingerprint density at radius 3 is 2.41 bits per heavy atom. The molecule has 2 heterocycles. The van der Waals surface area contributed by atoms with Crippen LogP contribution in [0.5, 0.6) is 0 Å². The molecule has 2 amide bonds. The fraction of sp³-hybridized carbons (Fsp3) is 0.381. The molecule has 0 bridgehead atoms. The summed E-state index contributed by atoms with van der Waals surface area (Å²) in [7, 11) is -2.12. The van der Waals surface area contributed by atoms with Gasteiger partial charge >= 0.3 is 6.03 Å². The summed E-state index contributed by atoms with van der Waals surface area (Å²) in [5, 5.41) is 2.97. The number of anilines is 3. The maximum atomic E-state index is 12.9. The number of hydrogen-bond donors (Lipinski definition) is 2. The zero-order chi connectivity index (χ0) is 20.6. The molecule has 154 valence electrons. The summed E-state index contributed by atoms with van der Waals surface area (Å²) in [6.45, 7) is 4.13. The van der Waals surface area contributed by atoms with Crippen molar-refractivity contribution in [2.24, 2.45) is 0 Å². The van der Waals surface area contributed by atoms with Crippen LogP contribution in [0.1, 0.15) is 25.3 Å². The standard InChI is InChI=1S/C21H26N4O3S/c1-15-13-16-14-19(29(27,28)22-2)9-10-20(16)25(15)21(26)23-17-5-7-18(8-6-17)24-11-3-4-12-24/h5-10,14-15,22H,3-4,11-13H2,1-2H3,(H,23,26). The molecule has 8 heteroatoms. The van der Waals surface area contributed by atoms with Crippen molar-refractivity contribution in [2.75, 3.05) is 35.3 Å². The van der Waals surface area contributed by atoms with Gasteiger partial charge in [0.05, 0.1) is 4.90 Å². The van der Waals surface area contributed by atoms with E-state index in [0.717, 1.165) is 30.0 Å². The summed E-state index contributed by atoms with van der Waals surface area (Å²) in [4.78, 5) is 17.2. The van der Waals surface area contributed by atoms with Crippen molar-refractivity contribution in [3.8, 4) is 0 Å². The lowest BCUT2D eigenvalue weighted by Gasteiger charge is -2.23. The van der Waals surface area contributed by atoms with Crippen LogP contribution in [0.2, 0.25) is 0 Å². The number of carbonyl (C=O) groups excluding carboxylic acids is 1. The van der Waals surface area contributed by atoms with E-state index < -0.39 is 10.0 Å². The van der Waals surface area contributed by atoms with Crippen molar-refractivity contribution in [1.29, 1.82) is 0 Å². The minimum Gasteiger partial charge on any atom is -0.372 e. The molecule has 7 nitrogen and oxygen atoms in total. The second-order valence-electron chi connectivity index (χ2n) is 7.59. The van der Waals surface area contributed by atoms with Gasteiger partial charge in [0.2, 0.25) is 10.0 Å². The Balaban J connectivity index is 1.51. The fourth-order valence-electron chi connectivity index (χ4n) is 4.12. The Bertz CT molecular complexity index is 1010. The van der Waals surface area contributed by atoms with E-state index in [9.17, 15) is 13.2 Å². The molecule has 1 atom stereocenters. The smallest absolute Gasteiger partial charge is 0.326 e. The number of benzene rings is 2. The van der Waals surface area contributed by atoms with E-state index in [1.807, 2.05) is 31.2 Å². The molecule has 29 heavy (non-hydrogen) atoms. The molecule has 2 aliphatic heterocycles. The normalized spacial score (nSPS) is 18.8. The summed E-state index contributed by atoms with van der Waals surface area (Å²) < 4.78 is 26.4. The zero-order valence-electron chi connectivity index (χ0n) is 16.7. The van der Waals surface area contributed by atoms with E-state index >= 15 is 0 Å². The van der Waals surface area contributed by atoms with Crippen molar-refractivity contribution in [3.05, 3.63) is 48.0 Å². The van der Waals surface area contributed by atoms with Crippen molar-refractivity contribution in [3.63, 3.8) is 0 Å². The molecule has 0 aliphatic carbocycles. The third kappa shape index (κ3) is 3.82. The summed E-state index contributed by atoms with van der Waals surface area (Å²) in [5.41, 5.74) is 3.53. The van der Waals surface area contributed by atoms with Crippen LogP contribution in [0.3, 0.4) is 0 Å². The number of carbonyl (C=O) groups is 1. The fourth-order valence-corrected chi connectivity index (χ4v) is 4.90. The molecular formula is C21H26N4O3S. The van der Waals surface area contributed by atoms with Crippen LogP contribution in [0.25, 0.3) is 0 Å². The van der Waals surface area contributed by atoms with Gasteiger partial charge in [0, 0.05) is 36.2 Å². The second kappa shape index (κ2) is 7.68. The first kappa shape index (κ1) is 19.7. The van der Waals surface area contributed by atoms with Gasteiger partial charge in [0.1, 0.15) is 0 Å². The molecule has 0 saturated carbocycles. The highest BCUT2D eigenvalue weighted by Gasteiger charge is 2.32. The van der Waals surface area contributed by atoms with Gasteiger partial charge in [-0.3, -0.25) is 4.90 Å². The predicted molar refractivity (Wildman–Crippen MR) is 115 cm³/mol. The van der Waals surface area contributed by atoms with Gasteiger partial charge < -0.3 is 10.2 Å². The molecule has 1 fully saturated rings. The largest absolute Gasteiger partial charge is 0.372 e. The molecule has 4 rings (SSSR count). The summed E-state index contributed by atoms with van der Waals surface area (Å²) in [6.07, 6.45) is 3.06. The molecule has 2 N–H and O–H groups in total. The van der Waals surface area contributed by atoms with Crippen molar-refractivity contribution in [2.45, 2.75) is 37.1 Å². The first-order chi connectivity index (χ1) is 13.9. The lowest BCUT2D eigenvalue weighted by Crippen LogP contribution is -2.39. The van der Waals surface area contributed by atoms with Crippen LogP contribution in [0.15, 0.2) is 47.4 Å². The van der Waals surface area contributed by atoms with Gasteiger partial charge in [-0.15, -0.1) is 0 Å². The molecule has 0 spiro atoms. The van der Waals surface area contributed by atoms with Crippen molar-refractivity contribution in [1.82, 2.24) is 4.72 Å². The van der Waals surface area contributed by atoms with Crippen LogP contribution in [0, 0.1) is 0 Å². The van der Waals surface area contributed by atoms with Crippen LogP contribution in [-0.2, 0) is 16.4 Å². The number of nitrogens with one attached hydrogen (secondary N) is 2. The average Bonchev–Trinajstić information content (AvgIpc) is 3.35. The van der Waals surface area contributed by atoms with E-state index in [0.29, 0.717) is 6.42 Å². The number of hydrogen-bond acceptors (Lipinski definition) is 4. The van der Waals surface area contributed by atoms with Gasteiger partial charge in [0.15, 0.2) is 0 Å². The third-order valence-corrected chi connectivity index (χ3v) is 7.07. The van der Waals surface area contributed by atoms with Gasteiger partial charge in [0.25, 0.3) is 0 Å². The molecule has 0 aromatic heterocycles. The van der Waals surface area contributed by atoms with Gasteiger partial charge in [-0.1, -0.05) is 0 Å². The second-order valence-corrected chi connectivity index (χ2v) is 9.48. The van der Waals surface area contributed by atoms with Crippen molar-refractivity contribution < 1.29 is 13.2 Å². The highest BCUT2D eigenvalue weighted by atomic mass is 32.2. The number of urea groups is 1. The average molecular weight is 415 g/mol. The summed E-state index contributed by atoms with van der Waals surface area (Å²) in [6, 6.07) is 12.6. The van der Waals surface area contributed by atoms with Crippen molar-refractivity contribution >= 4 is 33.1 Å². The third-order valence-electron chi connectivity index (χ3n) is 5.65. The van der Waals surface area contributed by atoms with Gasteiger partial charge in [-0.2, -0.15) is 0 Å². The van der Waals surface area contributed by atoms with E-state index in [1.165, 1.54) is 31.6 Å². The first-order valence-corrected chi connectivity index (χ1v) is 11.4. The zero-order valence-corrected chi connectivity index (χ0v) is 17.5. The Hall–Kier alpha value is -2.58. The van der Waals surface area contributed by atoms with E-state index in [-0.39, 0.29) is 17.0 Å². The van der Waals surface area contributed by atoms with E-state index in [2.05, 4.69) is 14.9 Å². The first-order valence-electron chi connectivity index (χ1n) is 9.91. The van der Waals surface area contributed by atoms with Crippen LogP contribution in [-0.4, -0.2) is 40.6 Å². The maximum Gasteiger partial charge on any atom is 0.326 e. The Morgan fingerprint density at radius 2 is 1.76 bits per heavy atom.